The first-order chi connectivity index (χ1) is 13.2. The van der Waals surface area contributed by atoms with Crippen LogP contribution in [0.3, 0.4) is 0 Å². The summed E-state index contributed by atoms with van der Waals surface area (Å²) in [5.74, 6) is 1.09. The SMILES string of the molecule is CCOc1ccc(Nc2ccc(C(=O)Nc3ccccc3CC)nn2)cc1. The van der Waals surface area contributed by atoms with Crippen molar-refractivity contribution in [1.29, 1.82) is 0 Å². The van der Waals surface area contributed by atoms with Gasteiger partial charge in [0, 0.05) is 11.4 Å². The Hall–Kier alpha value is -3.41. The van der Waals surface area contributed by atoms with Gasteiger partial charge in [-0.15, -0.1) is 10.2 Å². The maximum absolute atomic E-state index is 12.4. The summed E-state index contributed by atoms with van der Waals surface area (Å²) in [7, 11) is 0. The molecule has 1 aromatic heterocycles. The van der Waals surface area contributed by atoms with E-state index in [0.29, 0.717) is 12.4 Å². The van der Waals surface area contributed by atoms with Crippen LogP contribution in [0.2, 0.25) is 0 Å². The van der Waals surface area contributed by atoms with Gasteiger partial charge in [0.2, 0.25) is 0 Å². The Bertz CT molecular complexity index is 893. The van der Waals surface area contributed by atoms with Crippen LogP contribution >= 0.6 is 0 Å². The molecular weight excluding hydrogens is 340 g/mol. The summed E-state index contributed by atoms with van der Waals surface area (Å²) in [5, 5.41) is 14.1. The largest absolute Gasteiger partial charge is 0.494 e. The standard InChI is InChI=1S/C21H22N4O2/c1-3-15-7-5-6-8-18(15)23-21(26)19-13-14-20(25-24-19)22-16-9-11-17(12-10-16)27-4-2/h5-14H,3-4H2,1-2H3,(H,22,25)(H,23,26). The van der Waals surface area contributed by atoms with Gasteiger partial charge in [-0.1, -0.05) is 25.1 Å². The summed E-state index contributed by atoms with van der Waals surface area (Å²) in [6.45, 7) is 4.62. The topological polar surface area (TPSA) is 76.1 Å². The monoisotopic (exact) mass is 362 g/mol. The van der Waals surface area contributed by atoms with Crippen LogP contribution in [-0.4, -0.2) is 22.7 Å². The molecule has 27 heavy (non-hydrogen) atoms. The third-order valence-corrected chi connectivity index (χ3v) is 3.98. The van der Waals surface area contributed by atoms with E-state index in [1.54, 1.807) is 12.1 Å². The van der Waals surface area contributed by atoms with Gasteiger partial charge in [-0.3, -0.25) is 4.79 Å². The van der Waals surface area contributed by atoms with E-state index in [9.17, 15) is 4.79 Å². The molecule has 0 aliphatic rings. The second kappa shape index (κ2) is 8.80. The van der Waals surface area contributed by atoms with Gasteiger partial charge in [-0.25, -0.2) is 0 Å². The molecule has 3 rings (SSSR count). The molecule has 0 bridgehead atoms. The summed E-state index contributed by atoms with van der Waals surface area (Å²) in [4.78, 5) is 12.4. The smallest absolute Gasteiger partial charge is 0.276 e. The number of amides is 1. The molecule has 3 aromatic rings. The number of nitrogens with zero attached hydrogens (tertiary/aromatic N) is 2. The number of hydrogen-bond donors (Lipinski definition) is 2. The minimum absolute atomic E-state index is 0.262. The van der Waals surface area contributed by atoms with E-state index in [1.165, 1.54) is 0 Å². The highest BCUT2D eigenvalue weighted by molar-refractivity contribution is 6.03. The van der Waals surface area contributed by atoms with Gasteiger partial charge in [-0.2, -0.15) is 0 Å². The highest BCUT2D eigenvalue weighted by atomic mass is 16.5. The third-order valence-electron chi connectivity index (χ3n) is 3.98. The molecule has 0 saturated carbocycles. The molecule has 0 fully saturated rings. The van der Waals surface area contributed by atoms with Crippen molar-refractivity contribution in [1.82, 2.24) is 10.2 Å². The molecule has 2 N–H and O–H groups in total. The lowest BCUT2D eigenvalue weighted by atomic mass is 10.1. The van der Waals surface area contributed by atoms with E-state index in [1.807, 2.05) is 62.4 Å². The number of carbonyl (C=O) groups excluding carboxylic acids is 1. The maximum atomic E-state index is 12.4. The van der Waals surface area contributed by atoms with Gasteiger partial charge in [0.05, 0.1) is 6.61 Å². The second-order valence-corrected chi connectivity index (χ2v) is 5.85. The third kappa shape index (κ3) is 4.82. The number of benzene rings is 2. The average Bonchev–Trinajstić information content (AvgIpc) is 2.70. The van der Waals surface area contributed by atoms with Crippen LogP contribution in [0.5, 0.6) is 5.75 Å². The Morgan fingerprint density at radius 1 is 0.963 bits per heavy atom. The number of ether oxygens (including phenoxy) is 1. The summed E-state index contributed by atoms with van der Waals surface area (Å²) in [6.07, 6.45) is 0.840. The average molecular weight is 362 g/mol. The van der Waals surface area contributed by atoms with Gasteiger partial charge in [0.15, 0.2) is 11.5 Å². The zero-order valence-electron chi connectivity index (χ0n) is 15.4. The van der Waals surface area contributed by atoms with E-state index < -0.39 is 0 Å². The zero-order valence-corrected chi connectivity index (χ0v) is 15.4. The molecular formula is C21H22N4O2. The number of anilines is 3. The molecule has 2 aromatic carbocycles. The first-order valence-corrected chi connectivity index (χ1v) is 8.92. The van der Waals surface area contributed by atoms with Crippen molar-refractivity contribution < 1.29 is 9.53 Å². The number of rotatable bonds is 7. The Balaban J connectivity index is 1.65. The van der Waals surface area contributed by atoms with Crippen molar-refractivity contribution in [2.45, 2.75) is 20.3 Å². The molecule has 0 aliphatic carbocycles. The molecule has 0 atom stereocenters. The molecule has 0 spiro atoms. The first-order valence-electron chi connectivity index (χ1n) is 8.92. The van der Waals surface area contributed by atoms with Crippen LogP contribution in [0.15, 0.2) is 60.7 Å². The predicted octanol–water partition coefficient (Wildman–Crippen LogP) is 4.43. The summed E-state index contributed by atoms with van der Waals surface area (Å²) in [6, 6.07) is 18.7. The fourth-order valence-electron chi connectivity index (χ4n) is 2.61. The van der Waals surface area contributed by atoms with Gasteiger partial charge in [0.25, 0.3) is 5.91 Å². The molecule has 1 amide bonds. The quantitative estimate of drug-likeness (QED) is 0.650. The van der Waals surface area contributed by atoms with Crippen molar-refractivity contribution in [2.24, 2.45) is 0 Å². The molecule has 138 valence electrons. The highest BCUT2D eigenvalue weighted by Gasteiger charge is 2.10. The zero-order chi connectivity index (χ0) is 19.1. The van der Waals surface area contributed by atoms with Crippen molar-refractivity contribution >= 4 is 23.1 Å². The lowest BCUT2D eigenvalue weighted by Crippen LogP contribution is -2.15. The summed E-state index contributed by atoms with van der Waals surface area (Å²) >= 11 is 0. The Kier molecular flexibility index (Phi) is 5.99. The normalized spacial score (nSPS) is 10.3. The molecule has 0 radical (unpaired) electrons. The van der Waals surface area contributed by atoms with E-state index in [4.69, 9.17) is 4.74 Å². The molecule has 6 heteroatoms. The number of aromatic nitrogens is 2. The number of nitrogens with one attached hydrogen (secondary N) is 2. The van der Waals surface area contributed by atoms with Crippen molar-refractivity contribution in [3.05, 3.63) is 71.9 Å². The van der Waals surface area contributed by atoms with Crippen LogP contribution < -0.4 is 15.4 Å². The Labute approximate surface area is 158 Å². The first kappa shape index (κ1) is 18.4. The summed E-state index contributed by atoms with van der Waals surface area (Å²) in [5.41, 5.74) is 3.00. The number of carbonyl (C=O) groups is 1. The van der Waals surface area contributed by atoms with Crippen molar-refractivity contribution in [2.75, 3.05) is 17.2 Å². The van der Waals surface area contributed by atoms with Gasteiger partial charge >= 0.3 is 0 Å². The van der Waals surface area contributed by atoms with Crippen LogP contribution in [0.1, 0.15) is 29.9 Å². The molecule has 1 heterocycles. The molecule has 0 unspecified atom stereocenters. The van der Waals surface area contributed by atoms with Crippen LogP contribution in [0.4, 0.5) is 17.2 Å². The second-order valence-electron chi connectivity index (χ2n) is 5.85. The van der Waals surface area contributed by atoms with Crippen molar-refractivity contribution in [3.8, 4) is 5.75 Å². The fourth-order valence-corrected chi connectivity index (χ4v) is 2.61. The number of aryl methyl sites for hydroxylation is 1. The van der Waals surface area contributed by atoms with Crippen LogP contribution in [0.25, 0.3) is 0 Å². The number of hydrogen-bond acceptors (Lipinski definition) is 5. The Morgan fingerprint density at radius 2 is 1.74 bits per heavy atom. The molecule has 0 aliphatic heterocycles. The lowest BCUT2D eigenvalue weighted by Gasteiger charge is -2.10. The maximum Gasteiger partial charge on any atom is 0.276 e. The lowest BCUT2D eigenvalue weighted by molar-refractivity contribution is 0.102. The fraction of sp³-hybridized carbons (Fsp3) is 0.190. The molecule has 0 saturated heterocycles. The molecule has 6 nitrogen and oxygen atoms in total. The van der Waals surface area contributed by atoms with E-state index in [0.717, 1.165) is 29.1 Å². The Morgan fingerprint density at radius 3 is 2.41 bits per heavy atom. The van der Waals surface area contributed by atoms with Gasteiger partial charge < -0.3 is 15.4 Å². The minimum Gasteiger partial charge on any atom is -0.494 e. The van der Waals surface area contributed by atoms with E-state index >= 15 is 0 Å². The van der Waals surface area contributed by atoms with E-state index in [2.05, 4.69) is 20.8 Å². The van der Waals surface area contributed by atoms with Crippen LogP contribution in [0, 0.1) is 0 Å². The minimum atomic E-state index is -0.281. The highest BCUT2D eigenvalue weighted by Crippen LogP contribution is 2.19. The van der Waals surface area contributed by atoms with Crippen LogP contribution in [-0.2, 0) is 6.42 Å². The summed E-state index contributed by atoms with van der Waals surface area (Å²) < 4.78 is 5.42. The number of para-hydroxylation sites is 1. The van der Waals surface area contributed by atoms with Crippen molar-refractivity contribution in [3.63, 3.8) is 0 Å². The van der Waals surface area contributed by atoms with E-state index in [-0.39, 0.29) is 11.6 Å². The van der Waals surface area contributed by atoms with Gasteiger partial charge in [-0.05, 0) is 61.4 Å². The van der Waals surface area contributed by atoms with Gasteiger partial charge in [0.1, 0.15) is 5.75 Å². The predicted molar refractivity (Wildman–Crippen MR) is 107 cm³/mol.